The first kappa shape index (κ1) is 15.1. The van der Waals surface area contributed by atoms with Crippen molar-refractivity contribution in [3.8, 4) is 0 Å². The van der Waals surface area contributed by atoms with E-state index in [4.69, 9.17) is 15.6 Å². The van der Waals surface area contributed by atoms with Gasteiger partial charge in [0.15, 0.2) is 0 Å². The van der Waals surface area contributed by atoms with E-state index >= 15 is 0 Å². The number of amides is 1. The lowest BCUT2D eigenvalue weighted by atomic mass is 10.1. The van der Waals surface area contributed by atoms with Crippen LogP contribution >= 0.6 is 0 Å². The van der Waals surface area contributed by atoms with Crippen LogP contribution in [0.4, 0.5) is 0 Å². The summed E-state index contributed by atoms with van der Waals surface area (Å²) in [6.07, 6.45) is -0.687. The van der Waals surface area contributed by atoms with E-state index in [1.165, 1.54) is 7.11 Å². The van der Waals surface area contributed by atoms with Gasteiger partial charge < -0.3 is 20.9 Å². The van der Waals surface area contributed by atoms with Crippen LogP contribution in [-0.2, 0) is 16.1 Å². The number of hydrogen-bond acceptors (Lipinski definition) is 4. The average molecular weight is 266 g/mol. The third kappa shape index (κ3) is 5.07. The molecule has 0 aromatic heterocycles. The Morgan fingerprint density at radius 2 is 2.00 bits per heavy atom. The average Bonchev–Trinajstić information content (AvgIpc) is 2.42. The Kier molecular flexibility index (Phi) is 5.98. The molecule has 1 rings (SSSR count). The first-order valence-corrected chi connectivity index (χ1v) is 5.88. The molecule has 0 aliphatic rings. The highest BCUT2D eigenvalue weighted by Gasteiger charge is 2.14. The van der Waals surface area contributed by atoms with Crippen LogP contribution in [-0.4, -0.2) is 36.7 Å². The molecule has 0 fully saturated rings. The van der Waals surface area contributed by atoms with Crippen molar-refractivity contribution in [3.05, 3.63) is 35.4 Å². The molecule has 0 aliphatic carbocycles. The Labute approximate surface area is 111 Å². The zero-order valence-corrected chi connectivity index (χ0v) is 10.8. The predicted octanol–water partition coefficient (Wildman–Crippen LogP) is 0.365. The van der Waals surface area contributed by atoms with E-state index in [1.807, 2.05) is 0 Å². The fourth-order valence-corrected chi connectivity index (χ4v) is 1.53. The van der Waals surface area contributed by atoms with Crippen LogP contribution in [0.3, 0.4) is 0 Å². The topological polar surface area (TPSA) is 102 Å². The Balaban J connectivity index is 2.51. The quantitative estimate of drug-likeness (QED) is 0.661. The van der Waals surface area contributed by atoms with Crippen LogP contribution < -0.4 is 11.1 Å². The second kappa shape index (κ2) is 7.50. The molecular formula is C13H18N2O4. The SMILES string of the molecule is COC(CNC(=O)c1ccc(CN)cc1)CC(=O)O. The van der Waals surface area contributed by atoms with Gasteiger partial charge in [0, 0.05) is 25.8 Å². The molecule has 6 heteroatoms. The van der Waals surface area contributed by atoms with Crippen molar-refractivity contribution in [2.24, 2.45) is 5.73 Å². The van der Waals surface area contributed by atoms with Crippen molar-refractivity contribution >= 4 is 11.9 Å². The van der Waals surface area contributed by atoms with Crippen molar-refractivity contribution in [3.63, 3.8) is 0 Å². The summed E-state index contributed by atoms with van der Waals surface area (Å²) in [7, 11) is 1.41. The molecule has 0 bridgehead atoms. The molecule has 1 aromatic carbocycles. The van der Waals surface area contributed by atoms with E-state index in [0.29, 0.717) is 12.1 Å². The molecule has 0 radical (unpaired) electrons. The smallest absolute Gasteiger partial charge is 0.306 e. The fourth-order valence-electron chi connectivity index (χ4n) is 1.53. The van der Waals surface area contributed by atoms with Crippen molar-refractivity contribution in [2.45, 2.75) is 19.1 Å². The maximum Gasteiger partial charge on any atom is 0.306 e. The van der Waals surface area contributed by atoms with Crippen LogP contribution in [0.1, 0.15) is 22.3 Å². The zero-order valence-electron chi connectivity index (χ0n) is 10.8. The van der Waals surface area contributed by atoms with Crippen LogP contribution in [0, 0.1) is 0 Å². The number of hydrogen-bond donors (Lipinski definition) is 3. The number of benzene rings is 1. The normalized spacial score (nSPS) is 11.9. The van der Waals surface area contributed by atoms with E-state index in [-0.39, 0.29) is 18.9 Å². The predicted molar refractivity (Wildman–Crippen MR) is 69.7 cm³/mol. The minimum absolute atomic E-state index is 0.150. The number of carbonyl (C=O) groups is 2. The van der Waals surface area contributed by atoms with Gasteiger partial charge in [-0.05, 0) is 17.7 Å². The minimum Gasteiger partial charge on any atom is -0.481 e. The lowest BCUT2D eigenvalue weighted by molar-refractivity contribution is -0.139. The van der Waals surface area contributed by atoms with E-state index in [1.54, 1.807) is 24.3 Å². The minimum atomic E-state index is -0.964. The fraction of sp³-hybridized carbons (Fsp3) is 0.385. The van der Waals surface area contributed by atoms with Crippen molar-refractivity contribution in [1.29, 1.82) is 0 Å². The maximum atomic E-state index is 11.8. The first-order chi connectivity index (χ1) is 9.06. The van der Waals surface area contributed by atoms with Gasteiger partial charge >= 0.3 is 5.97 Å². The number of rotatable bonds is 7. The molecule has 6 nitrogen and oxygen atoms in total. The summed E-state index contributed by atoms with van der Waals surface area (Å²) >= 11 is 0. The Hall–Kier alpha value is -1.92. The summed E-state index contributed by atoms with van der Waals surface area (Å²) in [4.78, 5) is 22.4. The molecule has 1 amide bonds. The van der Waals surface area contributed by atoms with E-state index in [2.05, 4.69) is 5.32 Å². The summed E-state index contributed by atoms with van der Waals surface area (Å²) in [5.74, 6) is -1.23. The van der Waals surface area contributed by atoms with E-state index in [0.717, 1.165) is 5.56 Å². The third-order valence-corrected chi connectivity index (χ3v) is 2.68. The van der Waals surface area contributed by atoms with Crippen LogP contribution in [0.2, 0.25) is 0 Å². The number of methoxy groups -OCH3 is 1. The van der Waals surface area contributed by atoms with Gasteiger partial charge in [0.1, 0.15) is 0 Å². The Morgan fingerprint density at radius 3 is 2.47 bits per heavy atom. The standard InChI is InChI=1S/C13H18N2O4/c1-19-11(6-12(16)17)8-15-13(18)10-4-2-9(7-14)3-5-10/h2-5,11H,6-8,14H2,1H3,(H,15,18)(H,16,17). The highest BCUT2D eigenvalue weighted by molar-refractivity contribution is 5.94. The van der Waals surface area contributed by atoms with Crippen molar-refractivity contribution < 1.29 is 19.4 Å². The number of nitrogens with one attached hydrogen (secondary N) is 1. The first-order valence-electron chi connectivity index (χ1n) is 5.88. The lowest BCUT2D eigenvalue weighted by Gasteiger charge is -2.14. The van der Waals surface area contributed by atoms with Crippen molar-refractivity contribution in [1.82, 2.24) is 5.32 Å². The molecule has 0 saturated heterocycles. The largest absolute Gasteiger partial charge is 0.481 e. The van der Waals surface area contributed by atoms with Gasteiger partial charge in [0.05, 0.1) is 12.5 Å². The summed E-state index contributed by atoms with van der Waals surface area (Å²) in [6, 6.07) is 6.91. The summed E-state index contributed by atoms with van der Waals surface area (Å²) < 4.78 is 4.97. The van der Waals surface area contributed by atoms with Gasteiger partial charge in [-0.3, -0.25) is 9.59 Å². The molecule has 1 aromatic rings. The molecule has 0 aliphatic heterocycles. The van der Waals surface area contributed by atoms with Crippen molar-refractivity contribution in [2.75, 3.05) is 13.7 Å². The Bertz CT molecular complexity index is 431. The van der Waals surface area contributed by atoms with Gasteiger partial charge in [0.25, 0.3) is 5.91 Å². The van der Waals surface area contributed by atoms with Crippen LogP contribution in [0.15, 0.2) is 24.3 Å². The summed E-state index contributed by atoms with van der Waals surface area (Å²) in [6.45, 7) is 0.576. The third-order valence-electron chi connectivity index (χ3n) is 2.68. The molecule has 19 heavy (non-hydrogen) atoms. The molecule has 0 spiro atoms. The number of carbonyl (C=O) groups excluding carboxylic acids is 1. The summed E-state index contributed by atoms with van der Waals surface area (Å²) in [5.41, 5.74) is 6.91. The molecule has 0 heterocycles. The van der Waals surface area contributed by atoms with Crippen LogP contribution in [0.5, 0.6) is 0 Å². The molecule has 0 saturated carbocycles. The van der Waals surface area contributed by atoms with E-state index in [9.17, 15) is 9.59 Å². The van der Waals surface area contributed by atoms with Gasteiger partial charge in [-0.25, -0.2) is 0 Å². The zero-order chi connectivity index (χ0) is 14.3. The van der Waals surface area contributed by atoms with E-state index < -0.39 is 12.1 Å². The monoisotopic (exact) mass is 266 g/mol. The van der Waals surface area contributed by atoms with Gasteiger partial charge in [-0.2, -0.15) is 0 Å². The number of carboxylic acids is 1. The molecule has 1 unspecified atom stereocenters. The highest BCUT2D eigenvalue weighted by Crippen LogP contribution is 2.04. The molecular weight excluding hydrogens is 248 g/mol. The lowest BCUT2D eigenvalue weighted by Crippen LogP contribution is -2.34. The second-order valence-corrected chi connectivity index (χ2v) is 4.07. The molecule has 104 valence electrons. The Morgan fingerprint density at radius 1 is 1.37 bits per heavy atom. The van der Waals surface area contributed by atoms with Gasteiger partial charge in [0.2, 0.25) is 0 Å². The highest BCUT2D eigenvalue weighted by atomic mass is 16.5. The molecule has 4 N–H and O–H groups in total. The molecule has 1 atom stereocenters. The second-order valence-electron chi connectivity index (χ2n) is 4.07. The van der Waals surface area contributed by atoms with Gasteiger partial charge in [-0.1, -0.05) is 12.1 Å². The number of nitrogens with two attached hydrogens (primary N) is 1. The number of carboxylic acid groups (broad SMARTS) is 1. The van der Waals surface area contributed by atoms with Gasteiger partial charge in [-0.15, -0.1) is 0 Å². The number of aliphatic carboxylic acids is 1. The summed E-state index contributed by atoms with van der Waals surface area (Å²) in [5, 5.41) is 11.3. The van der Waals surface area contributed by atoms with Crippen LogP contribution in [0.25, 0.3) is 0 Å². The maximum absolute atomic E-state index is 11.8. The number of ether oxygens (including phenoxy) is 1.